The lowest BCUT2D eigenvalue weighted by atomic mass is 10.0. The normalized spacial score (nSPS) is 12.2. The van der Waals surface area contributed by atoms with Crippen molar-refractivity contribution in [2.75, 3.05) is 13.6 Å². The first-order chi connectivity index (χ1) is 6.99. The van der Waals surface area contributed by atoms with Crippen LogP contribution >= 0.6 is 0 Å². The predicted molar refractivity (Wildman–Crippen MR) is 58.6 cm³/mol. The van der Waals surface area contributed by atoms with Crippen LogP contribution in [0.3, 0.4) is 0 Å². The van der Waals surface area contributed by atoms with E-state index in [2.05, 4.69) is 6.92 Å². The minimum atomic E-state index is -0.865. The van der Waals surface area contributed by atoms with Crippen molar-refractivity contribution in [3.8, 4) is 0 Å². The molecule has 0 fully saturated rings. The van der Waals surface area contributed by atoms with Gasteiger partial charge in [0.2, 0.25) is 5.91 Å². The van der Waals surface area contributed by atoms with Gasteiger partial charge in [0.05, 0.1) is 6.42 Å². The van der Waals surface area contributed by atoms with E-state index in [4.69, 9.17) is 5.11 Å². The van der Waals surface area contributed by atoms with Gasteiger partial charge in [-0.2, -0.15) is 0 Å². The van der Waals surface area contributed by atoms with Crippen molar-refractivity contribution in [2.24, 2.45) is 5.92 Å². The number of unbranched alkanes of at least 4 members (excludes halogenated alkanes) is 1. The van der Waals surface area contributed by atoms with Crippen LogP contribution in [-0.4, -0.2) is 35.5 Å². The van der Waals surface area contributed by atoms with Gasteiger partial charge in [0.25, 0.3) is 0 Å². The highest BCUT2D eigenvalue weighted by atomic mass is 16.4. The number of carbonyl (C=O) groups excluding carboxylic acids is 1. The highest BCUT2D eigenvalue weighted by Crippen LogP contribution is 2.10. The number of hydrogen-bond donors (Lipinski definition) is 1. The molecule has 0 aromatic heterocycles. The van der Waals surface area contributed by atoms with E-state index in [1.807, 2.05) is 6.92 Å². The Morgan fingerprint density at radius 2 is 2.00 bits per heavy atom. The SMILES string of the molecule is CCCCC(C)C(=O)N(C)CCC(=O)O. The molecule has 1 N–H and O–H groups in total. The summed E-state index contributed by atoms with van der Waals surface area (Å²) >= 11 is 0. The molecule has 4 nitrogen and oxygen atoms in total. The third-order valence-corrected chi connectivity index (χ3v) is 2.45. The number of carbonyl (C=O) groups is 2. The molecule has 0 radical (unpaired) electrons. The maximum atomic E-state index is 11.7. The van der Waals surface area contributed by atoms with E-state index in [0.29, 0.717) is 6.54 Å². The lowest BCUT2D eigenvalue weighted by Crippen LogP contribution is -2.33. The summed E-state index contributed by atoms with van der Waals surface area (Å²) in [6.07, 6.45) is 3.02. The molecule has 0 rings (SSSR count). The van der Waals surface area contributed by atoms with Gasteiger partial charge in [-0.3, -0.25) is 9.59 Å². The molecule has 0 aliphatic rings. The van der Waals surface area contributed by atoms with Crippen molar-refractivity contribution in [3.05, 3.63) is 0 Å². The summed E-state index contributed by atoms with van der Waals surface area (Å²) in [6.45, 7) is 4.28. The van der Waals surface area contributed by atoms with Crippen LogP contribution in [0.25, 0.3) is 0 Å². The van der Waals surface area contributed by atoms with Gasteiger partial charge < -0.3 is 10.0 Å². The van der Waals surface area contributed by atoms with Crippen LogP contribution in [0, 0.1) is 5.92 Å². The van der Waals surface area contributed by atoms with Crippen LogP contribution in [0.5, 0.6) is 0 Å². The Kier molecular flexibility index (Phi) is 6.75. The van der Waals surface area contributed by atoms with Crippen molar-refractivity contribution >= 4 is 11.9 Å². The summed E-state index contributed by atoms with van der Waals surface area (Å²) in [7, 11) is 1.66. The second-order valence-corrected chi connectivity index (χ2v) is 3.95. The molecule has 0 bridgehead atoms. The second kappa shape index (κ2) is 7.26. The Morgan fingerprint density at radius 3 is 2.47 bits per heavy atom. The Labute approximate surface area is 91.3 Å². The minimum absolute atomic E-state index is 0.00347. The summed E-state index contributed by atoms with van der Waals surface area (Å²) in [5, 5.41) is 8.49. The Morgan fingerprint density at radius 1 is 1.40 bits per heavy atom. The summed E-state index contributed by atoms with van der Waals surface area (Å²) in [5.41, 5.74) is 0. The van der Waals surface area contributed by atoms with Gasteiger partial charge in [0.15, 0.2) is 0 Å². The molecule has 4 heteroatoms. The molecule has 0 saturated carbocycles. The molecule has 1 atom stereocenters. The first kappa shape index (κ1) is 13.9. The maximum absolute atomic E-state index is 11.7. The van der Waals surface area contributed by atoms with Crippen molar-refractivity contribution in [1.29, 1.82) is 0 Å². The van der Waals surface area contributed by atoms with Crippen molar-refractivity contribution < 1.29 is 14.7 Å². The van der Waals surface area contributed by atoms with Crippen LogP contribution < -0.4 is 0 Å². The van der Waals surface area contributed by atoms with E-state index in [9.17, 15) is 9.59 Å². The molecule has 0 aromatic rings. The molecular weight excluding hydrogens is 194 g/mol. The average Bonchev–Trinajstić information content (AvgIpc) is 2.21. The van der Waals surface area contributed by atoms with Crippen molar-refractivity contribution in [3.63, 3.8) is 0 Å². The molecule has 0 saturated heterocycles. The third-order valence-electron chi connectivity index (χ3n) is 2.45. The molecule has 88 valence electrons. The molecule has 1 unspecified atom stereocenters. The fourth-order valence-corrected chi connectivity index (χ4v) is 1.38. The van der Waals surface area contributed by atoms with Crippen molar-refractivity contribution in [1.82, 2.24) is 4.90 Å². The van der Waals surface area contributed by atoms with Crippen LogP contribution in [0.4, 0.5) is 0 Å². The highest BCUT2D eigenvalue weighted by Gasteiger charge is 2.17. The van der Waals surface area contributed by atoms with Gasteiger partial charge in [-0.05, 0) is 6.42 Å². The smallest absolute Gasteiger partial charge is 0.305 e. The van der Waals surface area contributed by atoms with E-state index in [-0.39, 0.29) is 18.2 Å². The second-order valence-electron chi connectivity index (χ2n) is 3.95. The summed E-state index contributed by atoms with van der Waals surface area (Å²) < 4.78 is 0. The van der Waals surface area contributed by atoms with E-state index >= 15 is 0 Å². The van der Waals surface area contributed by atoms with Crippen molar-refractivity contribution in [2.45, 2.75) is 39.5 Å². The Hall–Kier alpha value is -1.06. The Balaban J connectivity index is 3.90. The number of hydrogen-bond acceptors (Lipinski definition) is 2. The van der Waals surface area contributed by atoms with Crippen LogP contribution in [0.2, 0.25) is 0 Å². The highest BCUT2D eigenvalue weighted by molar-refractivity contribution is 5.78. The fraction of sp³-hybridized carbons (Fsp3) is 0.818. The van der Waals surface area contributed by atoms with Crippen LogP contribution in [-0.2, 0) is 9.59 Å². The lowest BCUT2D eigenvalue weighted by molar-refractivity contribution is -0.139. The molecule has 0 heterocycles. The summed E-state index contributed by atoms with van der Waals surface area (Å²) in [5.74, 6) is -0.815. The summed E-state index contributed by atoms with van der Waals surface area (Å²) in [6, 6.07) is 0. The van der Waals surface area contributed by atoms with Gasteiger partial charge in [-0.15, -0.1) is 0 Å². The topological polar surface area (TPSA) is 57.6 Å². The number of rotatable bonds is 7. The standard InChI is InChI=1S/C11H21NO3/c1-4-5-6-9(2)11(15)12(3)8-7-10(13)14/h9H,4-8H2,1-3H3,(H,13,14). The number of nitrogens with zero attached hydrogens (tertiary/aromatic N) is 1. The lowest BCUT2D eigenvalue weighted by Gasteiger charge is -2.20. The average molecular weight is 215 g/mol. The zero-order valence-corrected chi connectivity index (χ0v) is 9.82. The predicted octanol–water partition coefficient (Wildman–Crippen LogP) is 1.75. The van der Waals surface area contributed by atoms with E-state index in [0.717, 1.165) is 19.3 Å². The number of aliphatic carboxylic acids is 1. The molecule has 0 aliphatic heterocycles. The largest absolute Gasteiger partial charge is 0.481 e. The molecule has 0 aliphatic carbocycles. The number of carboxylic acids is 1. The number of carboxylic acid groups (broad SMARTS) is 1. The van der Waals surface area contributed by atoms with Gasteiger partial charge >= 0.3 is 5.97 Å². The maximum Gasteiger partial charge on any atom is 0.305 e. The van der Waals surface area contributed by atoms with Crippen LogP contribution in [0.1, 0.15) is 39.5 Å². The zero-order valence-electron chi connectivity index (χ0n) is 9.82. The zero-order chi connectivity index (χ0) is 11.8. The van der Waals surface area contributed by atoms with Gasteiger partial charge in [0.1, 0.15) is 0 Å². The molecule has 0 aromatic carbocycles. The molecular formula is C11H21NO3. The van der Waals surface area contributed by atoms with Crippen LogP contribution in [0.15, 0.2) is 0 Å². The first-order valence-electron chi connectivity index (χ1n) is 5.45. The van der Waals surface area contributed by atoms with Gasteiger partial charge in [-0.25, -0.2) is 0 Å². The van der Waals surface area contributed by atoms with Gasteiger partial charge in [-0.1, -0.05) is 26.7 Å². The quantitative estimate of drug-likeness (QED) is 0.703. The first-order valence-corrected chi connectivity index (χ1v) is 5.45. The monoisotopic (exact) mass is 215 g/mol. The molecule has 1 amide bonds. The minimum Gasteiger partial charge on any atom is -0.481 e. The van der Waals surface area contributed by atoms with E-state index < -0.39 is 5.97 Å². The Bertz CT molecular complexity index is 216. The fourth-order valence-electron chi connectivity index (χ4n) is 1.38. The third kappa shape index (κ3) is 6.10. The van der Waals surface area contributed by atoms with E-state index in [1.165, 1.54) is 4.90 Å². The molecule has 0 spiro atoms. The van der Waals surface area contributed by atoms with E-state index in [1.54, 1.807) is 7.05 Å². The summed E-state index contributed by atoms with van der Waals surface area (Å²) in [4.78, 5) is 23.5. The number of amides is 1. The molecule has 15 heavy (non-hydrogen) atoms. The van der Waals surface area contributed by atoms with Gasteiger partial charge in [0, 0.05) is 19.5 Å².